The zero-order valence-corrected chi connectivity index (χ0v) is 16.7. The fourth-order valence-corrected chi connectivity index (χ4v) is 3.81. The molecule has 1 N–H and O–H groups in total. The smallest absolute Gasteiger partial charge is 0.297 e. The molecule has 0 aliphatic rings. The molecule has 0 radical (unpaired) electrons. The number of unbranched alkanes of at least 4 members (excludes halogenated alkanes) is 1. The van der Waals surface area contributed by atoms with Gasteiger partial charge in [-0.05, 0) is 50.8 Å². The number of aliphatic hydroxyl groups excluding tert-OH is 1. The molecule has 0 saturated heterocycles. The van der Waals surface area contributed by atoms with Crippen molar-refractivity contribution in [3.8, 4) is 0 Å². The highest BCUT2D eigenvalue weighted by Gasteiger charge is 2.26. The van der Waals surface area contributed by atoms with Crippen LogP contribution in [0.3, 0.4) is 0 Å². The van der Waals surface area contributed by atoms with Gasteiger partial charge >= 0.3 is 0 Å². The van der Waals surface area contributed by atoms with Crippen LogP contribution in [0.1, 0.15) is 37.3 Å². The predicted octanol–water partition coefficient (Wildman–Crippen LogP) is 3.84. The highest BCUT2D eigenvalue weighted by Crippen LogP contribution is 2.21. The van der Waals surface area contributed by atoms with Crippen molar-refractivity contribution < 1.29 is 22.4 Å². The molecular formula is C21H28O5S. The third-order valence-corrected chi connectivity index (χ3v) is 5.69. The fraction of sp³-hybridized carbons (Fsp3) is 0.429. The quantitative estimate of drug-likeness (QED) is 0.465. The molecule has 2 atom stereocenters. The molecule has 148 valence electrons. The third-order valence-electron chi connectivity index (χ3n) is 4.34. The summed E-state index contributed by atoms with van der Waals surface area (Å²) in [6.45, 7) is 4.16. The molecule has 0 aromatic heterocycles. The van der Waals surface area contributed by atoms with Crippen LogP contribution < -0.4 is 0 Å². The van der Waals surface area contributed by atoms with Crippen molar-refractivity contribution in [1.29, 1.82) is 0 Å². The number of hydrogen-bond acceptors (Lipinski definition) is 5. The van der Waals surface area contributed by atoms with E-state index in [0.717, 1.165) is 11.1 Å². The molecule has 2 aromatic rings. The molecule has 27 heavy (non-hydrogen) atoms. The van der Waals surface area contributed by atoms with Gasteiger partial charge in [-0.1, -0.05) is 48.0 Å². The van der Waals surface area contributed by atoms with Gasteiger partial charge in [0, 0.05) is 6.61 Å². The summed E-state index contributed by atoms with van der Waals surface area (Å²) in [5.74, 6) is 0. The molecule has 0 amide bonds. The number of aryl methyl sites for hydroxylation is 1. The van der Waals surface area contributed by atoms with E-state index in [1.54, 1.807) is 24.3 Å². The Morgan fingerprint density at radius 2 is 1.67 bits per heavy atom. The number of ether oxygens (including phenoxy) is 1. The molecule has 0 saturated carbocycles. The standard InChI is InChI=1S/C21H28O5S/c1-17-11-13-20(14-12-17)27(23,24)26-21(10-6-7-15-22)18(2)25-16-19-8-4-3-5-9-19/h3-5,8-9,11-14,18,21-22H,6-7,10,15-16H2,1-2H3/t18-,21-/m0/s1. The van der Waals surface area contributed by atoms with Crippen LogP contribution in [0.2, 0.25) is 0 Å². The van der Waals surface area contributed by atoms with E-state index in [4.69, 9.17) is 14.0 Å². The normalized spacial score (nSPS) is 14.0. The molecule has 0 heterocycles. The molecule has 0 unspecified atom stereocenters. The van der Waals surface area contributed by atoms with Crippen LogP contribution in [-0.2, 0) is 25.6 Å². The first-order valence-electron chi connectivity index (χ1n) is 9.18. The van der Waals surface area contributed by atoms with Gasteiger partial charge in [-0.25, -0.2) is 0 Å². The largest absolute Gasteiger partial charge is 0.396 e. The van der Waals surface area contributed by atoms with Crippen LogP contribution in [0, 0.1) is 6.92 Å². The van der Waals surface area contributed by atoms with E-state index >= 15 is 0 Å². The monoisotopic (exact) mass is 392 g/mol. The summed E-state index contributed by atoms with van der Waals surface area (Å²) in [6.07, 6.45) is 0.705. The molecule has 0 aliphatic heterocycles. The maximum atomic E-state index is 12.6. The van der Waals surface area contributed by atoms with Crippen molar-refractivity contribution in [1.82, 2.24) is 0 Å². The summed E-state index contributed by atoms with van der Waals surface area (Å²) in [5.41, 5.74) is 1.99. The summed E-state index contributed by atoms with van der Waals surface area (Å²) in [4.78, 5) is 0.135. The molecule has 5 nitrogen and oxygen atoms in total. The average Bonchev–Trinajstić information content (AvgIpc) is 2.66. The lowest BCUT2D eigenvalue weighted by Gasteiger charge is -2.24. The second kappa shape index (κ2) is 10.6. The summed E-state index contributed by atoms with van der Waals surface area (Å²) >= 11 is 0. The van der Waals surface area contributed by atoms with Crippen molar-refractivity contribution in [3.05, 3.63) is 65.7 Å². The minimum atomic E-state index is -3.88. The second-order valence-corrected chi connectivity index (χ2v) is 8.20. The Balaban J connectivity index is 2.06. The van der Waals surface area contributed by atoms with Gasteiger partial charge in [0.1, 0.15) is 6.10 Å². The van der Waals surface area contributed by atoms with Crippen molar-refractivity contribution >= 4 is 10.1 Å². The van der Waals surface area contributed by atoms with Crippen LogP contribution in [0.25, 0.3) is 0 Å². The molecule has 6 heteroatoms. The van der Waals surface area contributed by atoms with Gasteiger partial charge in [0.05, 0.1) is 17.6 Å². The maximum absolute atomic E-state index is 12.6. The number of benzene rings is 2. The van der Waals surface area contributed by atoms with E-state index in [1.165, 1.54) is 0 Å². The fourth-order valence-electron chi connectivity index (χ4n) is 2.65. The number of aliphatic hydroxyl groups is 1. The maximum Gasteiger partial charge on any atom is 0.297 e. The first kappa shape index (κ1) is 21.6. The van der Waals surface area contributed by atoms with Gasteiger partial charge in [-0.15, -0.1) is 0 Å². The van der Waals surface area contributed by atoms with Crippen molar-refractivity contribution in [3.63, 3.8) is 0 Å². The van der Waals surface area contributed by atoms with Gasteiger partial charge in [-0.2, -0.15) is 8.42 Å². The highest BCUT2D eigenvalue weighted by molar-refractivity contribution is 7.86. The Kier molecular flexibility index (Phi) is 8.44. The summed E-state index contributed by atoms with van der Waals surface area (Å²) < 4.78 is 36.7. The lowest BCUT2D eigenvalue weighted by molar-refractivity contribution is -0.0254. The Morgan fingerprint density at radius 3 is 2.30 bits per heavy atom. The lowest BCUT2D eigenvalue weighted by atomic mass is 10.1. The van der Waals surface area contributed by atoms with Gasteiger partial charge in [0.25, 0.3) is 10.1 Å². The first-order valence-corrected chi connectivity index (χ1v) is 10.6. The average molecular weight is 393 g/mol. The van der Waals surface area contributed by atoms with Crippen LogP contribution in [0.15, 0.2) is 59.5 Å². The highest BCUT2D eigenvalue weighted by atomic mass is 32.2. The summed E-state index contributed by atoms with van der Waals surface area (Å²) in [6, 6.07) is 16.3. The van der Waals surface area contributed by atoms with E-state index in [-0.39, 0.29) is 11.5 Å². The van der Waals surface area contributed by atoms with Crippen LogP contribution in [-0.4, -0.2) is 32.3 Å². The van der Waals surface area contributed by atoms with Gasteiger partial charge in [-0.3, -0.25) is 4.18 Å². The van der Waals surface area contributed by atoms with Gasteiger partial charge < -0.3 is 9.84 Å². The Labute approximate surface area is 162 Å². The third kappa shape index (κ3) is 7.07. The zero-order valence-electron chi connectivity index (χ0n) is 15.9. The van der Waals surface area contributed by atoms with Gasteiger partial charge in [0.2, 0.25) is 0 Å². The van der Waals surface area contributed by atoms with E-state index in [1.807, 2.05) is 44.2 Å². The molecule has 0 fully saturated rings. The van der Waals surface area contributed by atoms with Crippen molar-refractivity contribution in [2.75, 3.05) is 6.61 Å². The molecule has 0 spiro atoms. The lowest BCUT2D eigenvalue weighted by Crippen LogP contribution is -2.31. The van der Waals surface area contributed by atoms with Crippen molar-refractivity contribution in [2.24, 2.45) is 0 Å². The second-order valence-electron chi connectivity index (χ2n) is 6.62. The van der Waals surface area contributed by atoms with Gasteiger partial charge in [0.15, 0.2) is 0 Å². The SMILES string of the molecule is Cc1ccc(S(=O)(=O)O[C@@H](CCCCO)[C@H](C)OCc2ccccc2)cc1. The topological polar surface area (TPSA) is 72.8 Å². The minimum Gasteiger partial charge on any atom is -0.396 e. The molecule has 2 aromatic carbocycles. The minimum absolute atomic E-state index is 0.0662. The van der Waals surface area contributed by atoms with E-state index in [2.05, 4.69) is 0 Å². The number of hydrogen-bond donors (Lipinski definition) is 1. The van der Waals surface area contributed by atoms with E-state index in [0.29, 0.717) is 25.9 Å². The molecular weight excluding hydrogens is 364 g/mol. The van der Waals surface area contributed by atoms with Crippen molar-refractivity contribution in [2.45, 2.75) is 56.8 Å². The summed E-state index contributed by atoms with van der Waals surface area (Å²) in [5, 5.41) is 9.02. The Hall–Kier alpha value is -1.73. The van der Waals surface area contributed by atoms with Crippen LogP contribution >= 0.6 is 0 Å². The Bertz CT molecular complexity index is 772. The Morgan fingerprint density at radius 1 is 1.00 bits per heavy atom. The van der Waals surface area contributed by atoms with Crippen LogP contribution in [0.5, 0.6) is 0 Å². The van der Waals surface area contributed by atoms with Crippen LogP contribution in [0.4, 0.5) is 0 Å². The summed E-state index contributed by atoms with van der Waals surface area (Å²) in [7, 11) is -3.88. The molecule has 0 bridgehead atoms. The van der Waals surface area contributed by atoms with E-state index in [9.17, 15) is 8.42 Å². The molecule has 0 aliphatic carbocycles. The predicted molar refractivity (Wildman–Crippen MR) is 105 cm³/mol. The molecule has 2 rings (SSSR count). The number of rotatable bonds is 11. The zero-order chi connectivity index (χ0) is 19.7. The first-order chi connectivity index (χ1) is 12.9. The van der Waals surface area contributed by atoms with E-state index < -0.39 is 22.3 Å².